The summed E-state index contributed by atoms with van der Waals surface area (Å²) in [5, 5.41) is 0. The number of nitrogens with one attached hydrogen (secondary N) is 1. The molecule has 146 valence electrons. The normalized spacial score (nSPS) is 20.1. The maximum atomic E-state index is 12.9. The molecule has 3 N–H and O–H groups in total. The van der Waals surface area contributed by atoms with Crippen molar-refractivity contribution in [1.29, 1.82) is 0 Å². The van der Waals surface area contributed by atoms with Crippen LogP contribution in [-0.4, -0.2) is 50.2 Å². The summed E-state index contributed by atoms with van der Waals surface area (Å²) in [5.74, 6) is -0.0280. The van der Waals surface area contributed by atoms with Crippen LogP contribution in [-0.2, 0) is 14.3 Å². The highest BCUT2D eigenvalue weighted by Crippen LogP contribution is 2.40. The van der Waals surface area contributed by atoms with Crippen LogP contribution in [0.3, 0.4) is 0 Å². The number of carbonyl (C=O) groups excluding carboxylic acids is 2. The van der Waals surface area contributed by atoms with Crippen molar-refractivity contribution >= 4 is 28.9 Å². The van der Waals surface area contributed by atoms with Crippen molar-refractivity contribution in [3.8, 4) is 0 Å². The predicted molar refractivity (Wildman–Crippen MR) is 98.8 cm³/mol. The number of ether oxygens (including phenoxy) is 2. The summed E-state index contributed by atoms with van der Waals surface area (Å²) in [5.41, 5.74) is 7.43. The third-order valence-electron chi connectivity index (χ3n) is 4.47. The molecule has 27 heavy (non-hydrogen) atoms. The summed E-state index contributed by atoms with van der Waals surface area (Å²) in [6.07, 6.45) is 4.13. The number of hydrogen-bond donors (Lipinski definition) is 2. The van der Waals surface area contributed by atoms with Crippen LogP contribution in [0.2, 0.25) is 0 Å². The van der Waals surface area contributed by atoms with E-state index in [-0.39, 0.29) is 24.7 Å². The smallest absolute Gasteiger partial charge is 0.411 e. The highest BCUT2D eigenvalue weighted by molar-refractivity contribution is 5.87. The monoisotopic (exact) mass is 375 g/mol. The lowest BCUT2D eigenvalue weighted by atomic mass is 10.1. The van der Waals surface area contributed by atoms with E-state index in [2.05, 4.69) is 15.0 Å². The maximum absolute atomic E-state index is 12.9. The van der Waals surface area contributed by atoms with Crippen molar-refractivity contribution in [1.82, 2.24) is 19.9 Å². The number of H-pyrrole nitrogens is 1. The van der Waals surface area contributed by atoms with Crippen molar-refractivity contribution in [3.05, 3.63) is 18.1 Å². The lowest BCUT2D eigenvalue weighted by molar-refractivity contribution is -0.142. The van der Waals surface area contributed by atoms with Crippen molar-refractivity contribution in [3.63, 3.8) is 0 Å². The number of nitrogen functional groups attached to an aromatic ring is 1. The zero-order valence-corrected chi connectivity index (χ0v) is 16.0. The standard InChI is InChI=1S/C18H25N5O4/c1-10(24)26-8-11-5-6-13(23(11)17(25)27-18(2,3)4)12-7-20-15-14(12)21-9-22-16(15)19/h7,9,11,13,20H,5-6,8H2,1-4H3,(H2,19,21,22)/t11-,13+/m1/s1. The lowest BCUT2D eigenvalue weighted by Gasteiger charge is -2.32. The number of likely N-dealkylation sites (tertiary alicyclic amines) is 1. The van der Waals surface area contributed by atoms with Gasteiger partial charge < -0.3 is 20.2 Å². The van der Waals surface area contributed by atoms with Gasteiger partial charge in [-0.2, -0.15) is 0 Å². The van der Waals surface area contributed by atoms with E-state index in [1.807, 2.05) is 20.8 Å². The second kappa shape index (κ2) is 7.05. The van der Waals surface area contributed by atoms with Crippen molar-refractivity contribution in [2.75, 3.05) is 12.3 Å². The van der Waals surface area contributed by atoms with Gasteiger partial charge in [-0.1, -0.05) is 0 Å². The Morgan fingerprint density at radius 3 is 2.74 bits per heavy atom. The molecule has 9 nitrogen and oxygen atoms in total. The van der Waals surface area contributed by atoms with Gasteiger partial charge in [0.2, 0.25) is 0 Å². The Hall–Kier alpha value is -2.84. The molecule has 2 aromatic heterocycles. The quantitative estimate of drug-likeness (QED) is 0.790. The summed E-state index contributed by atoms with van der Waals surface area (Å²) >= 11 is 0. The molecule has 0 unspecified atom stereocenters. The van der Waals surface area contributed by atoms with E-state index in [4.69, 9.17) is 15.2 Å². The number of aromatic amines is 1. The van der Waals surface area contributed by atoms with Gasteiger partial charge in [-0.05, 0) is 33.6 Å². The topological polar surface area (TPSA) is 123 Å². The van der Waals surface area contributed by atoms with Crippen LogP contribution in [0.4, 0.5) is 10.6 Å². The molecule has 2 aromatic rings. The summed E-state index contributed by atoms with van der Waals surface area (Å²) < 4.78 is 10.8. The van der Waals surface area contributed by atoms with Crippen molar-refractivity contribution in [2.45, 2.75) is 58.2 Å². The highest BCUT2D eigenvalue weighted by Gasteiger charge is 2.41. The molecular formula is C18H25N5O4. The molecule has 0 radical (unpaired) electrons. The number of rotatable bonds is 3. The first-order valence-electron chi connectivity index (χ1n) is 8.89. The van der Waals surface area contributed by atoms with Crippen LogP contribution in [0.5, 0.6) is 0 Å². The van der Waals surface area contributed by atoms with Crippen LogP contribution in [0.1, 0.15) is 52.1 Å². The van der Waals surface area contributed by atoms with Crippen LogP contribution in [0, 0.1) is 0 Å². The van der Waals surface area contributed by atoms with E-state index in [9.17, 15) is 9.59 Å². The Morgan fingerprint density at radius 1 is 1.33 bits per heavy atom. The molecule has 0 spiro atoms. The average molecular weight is 375 g/mol. The molecule has 0 saturated carbocycles. The first kappa shape index (κ1) is 18.9. The van der Waals surface area contributed by atoms with Gasteiger partial charge in [-0.3, -0.25) is 9.69 Å². The molecule has 3 heterocycles. The molecule has 1 fully saturated rings. The van der Waals surface area contributed by atoms with Gasteiger partial charge in [0.05, 0.1) is 17.6 Å². The molecule has 1 saturated heterocycles. The Labute approximate surface area is 157 Å². The van der Waals surface area contributed by atoms with Crippen LogP contribution < -0.4 is 5.73 Å². The minimum absolute atomic E-state index is 0.130. The molecule has 3 rings (SSSR count). The number of aromatic nitrogens is 3. The van der Waals surface area contributed by atoms with Gasteiger partial charge in [-0.25, -0.2) is 14.8 Å². The highest BCUT2D eigenvalue weighted by atomic mass is 16.6. The Bertz CT molecular complexity index is 857. The van der Waals surface area contributed by atoms with E-state index >= 15 is 0 Å². The molecule has 9 heteroatoms. The first-order valence-corrected chi connectivity index (χ1v) is 8.89. The number of nitrogens with two attached hydrogens (primary N) is 1. The van der Waals surface area contributed by atoms with E-state index in [1.54, 1.807) is 11.1 Å². The largest absolute Gasteiger partial charge is 0.464 e. The lowest BCUT2D eigenvalue weighted by Crippen LogP contribution is -2.43. The Balaban J connectivity index is 1.95. The SMILES string of the molecule is CC(=O)OC[C@H]1CC[C@@H](c2c[nH]c3c(N)ncnc23)N1C(=O)OC(C)(C)C. The summed E-state index contributed by atoms with van der Waals surface area (Å²) in [6.45, 7) is 6.93. The summed E-state index contributed by atoms with van der Waals surface area (Å²) in [6, 6.07) is -0.527. The zero-order valence-electron chi connectivity index (χ0n) is 16.0. The fourth-order valence-corrected chi connectivity index (χ4v) is 3.39. The van der Waals surface area contributed by atoms with E-state index in [0.29, 0.717) is 29.7 Å². The zero-order chi connectivity index (χ0) is 19.8. The second-order valence-corrected chi connectivity index (χ2v) is 7.66. The van der Waals surface area contributed by atoms with Crippen LogP contribution >= 0.6 is 0 Å². The van der Waals surface area contributed by atoms with Crippen molar-refractivity contribution in [2.24, 2.45) is 0 Å². The number of anilines is 1. The Morgan fingerprint density at radius 2 is 2.07 bits per heavy atom. The van der Waals surface area contributed by atoms with Gasteiger partial charge in [-0.15, -0.1) is 0 Å². The van der Waals surface area contributed by atoms with Gasteiger partial charge >= 0.3 is 12.1 Å². The predicted octanol–water partition coefficient (Wildman–Crippen LogP) is 2.54. The van der Waals surface area contributed by atoms with Gasteiger partial charge in [0.15, 0.2) is 5.82 Å². The molecule has 1 amide bonds. The second-order valence-electron chi connectivity index (χ2n) is 7.66. The minimum Gasteiger partial charge on any atom is -0.464 e. The van der Waals surface area contributed by atoms with Crippen LogP contribution in [0.15, 0.2) is 12.5 Å². The third-order valence-corrected chi connectivity index (χ3v) is 4.47. The van der Waals surface area contributed by atoms with E-state index in [0.717, 1.165) is 5.56 Å². The van der Waals surface area contributed by atoms with Crippen molar-refractivity contribution < 1.29 is 19.1 Å². The maximum Gasteiger partial charge on any atom is 0.411 e. The molecular weight excluding hydrogens is 350 g/mol. The van der Waals surface area contributed by atoms with E-state index in [1.165, 1.54) is 13.3 Å². The number of fused-ring (bicyclic) bond motifs is 1. The molecule has 0 bridgehead atoms. The average Bonchev–Trinajstić information content (AvgIpc) is 3.15. The number of carbonyl (C=O) groups is 2. The fourth-order valence-electron chi connectivity index (χ4n) is 3.39. The number of esters is 1. The van der Waals surface area contributed by atoms with Crippen LogP contribution in [0.25, 0.3) is 11.0 Å². The first-order chi connectivity index (χ1) is 12.7. The van der Waals surface area contributed by atoms with Gasteiger partial charge in [0, 0.05) is 18.7 Å². The molecule has 2 atom stereocenters. The summed E-state index contributed by atoms with van der Waals surface area (Å²) in [4.78, 5) is 37.2. The number of nitrogens with zero attached hydrogens (tertiary/aromatic N) is 3. The van der Waals surface area contributed by atoms with Gasteiger partial charge in [0.25, 0.3) is 0 Å². The minimum atomic E-state index is -0.636. The molecule has 0 aromatic carbocycles. The van der Waals surface area contributed by atoms with E-state index < -0.39 is 11.7 Å². The third kappa shape index (κ3) is 3.96. The Kier molecular flexibility index (Phi) is 4.95. The molecule has 1 aliphatic heterocycles. The van der Waals surface area contributed by atoms with Gasteiger partial charge in [0.1, 0.15) is 24.1 Å². The number of hydrogen-bond acceptors (Lipinski definition) is 7. The fraction of sp³-hybridized carbons (Fsp3) is 0.556. The summed E-state index contributed by atoms with van der Waals surface area (Å²) in [7, 11) is 0. The number of amides is 1. The molecule has 1 aliphatic rings. The molecule has 0 aliphatic carbocycles.